The summed E-state index contributed by atoms with van der Waals surface area (Å²) in [5.41, 5.74) is 1.66. The van der Waals surface area contributed by atoms with Gasteiger partial charge in [0.2, 0.25) is 0 Å². The van der Waals surface area contributed by atoms with Crippen molar-refractivity contribution in [2.75, 3.05) is 10.6 Å². The van der Waals surface area contributed by atoms with Crippen LogP contribution in [0.5, 0.6) is 0 Å². The summed E-state index contributed by atoms with van der Waals surface area (Å²) in [6.07, 6.45) is 1.25. The molecule has 0 saturated carbocycles. The molecule has 2 N–H and O–H groups in total. The Bertz CT molecular complexity index is 836. The van der Waals surface area contributed by atoms with E-state index in [-0.39, 0.29) is 5.57 Å². The molecule has 0 saturated heterocycles. The van der Waals surface area contributed by atoms with Crippen molar-refractivity contribution in [1.29, 1.82) is 5.26 Å². The number of para-hydroxylation sites is 1. The number of halogens is 3. The number of benzene rings is 2. The molecule has 0 aliphatic rings. The zero-order chi connectivity index (χ0) is 17.7. The Balaban J connectivity index is 2.16. The summed E-state index contributed by atoms with van der Waals surface area (Å²) in [5, 5.41) is 15.8. The number of carbonyl (C=O) groups excluding carboxylic acids is 1. The molecule has 0 aliphatic carbocycles. The van der Waals surface area contributed by atoms with Crippen LogP contribution in [0.3, 0.4) is 0 Å². The zero-order valence-electron chi connectivity index (χ0n) is 12.5. The highest BCUT2D eigenvalue weighted by atomic mass is 35.5. The van der Waals surface area contributed by atoms with Crippen LogP contribution in [0.1, 0.15) is 5.56 Å². The van der Waals surface area contributed by atoms with Gasteiger partial charge in [0.1, 0.15) is 11.6 Å². The molecular formula is C17H12Cl3N3O. The summed E-state index contributed by atoms with van der Waals surface area (Å²) >= 11 is 18.1. The van der Waals surface area contributed by atoms with E-state index in [9.17, 15) is 10.1 Å². The molecule has 2 aromatic carbocycles. The lowest BCUT2D eigenvalue weighted by molar-refractivity contribution is -0.112. The highest BCUT2D eigenvalue weighted by Gasteiger charge is 2.11. The molecule has 4 nitrogen and oxygen atoms in total. The summed E-state index contributed by atoms with van der Waals surface area (Å²) in [6, 6.07) is 11.9. The Morgan fingerprint density at radius 2 is 1.79 bits per heavy atom. The molecule has 1 amide bonds. The first kappa shape index (κ1) is 18.2. The minimum atomic E-state index is -0.576. The van der Waals surface area contributed by atoms with Crippen LogP contribution in [-0.2, 0) is 4.79 Å². The Kier molecular flexibility index (Phi) is 6.10. The second-order valence-electron chi connectivity index (χ2n) is 4.83. The van der Waals surface area contributed by atoms with Gasteiger partial charge in [-0.3, -0.25) is 4.79 Å². The van der Waals surface area contributed by atoms with E-state index in [1.165, 1.54) is 6.20 Å². The molecule has 0 aliphatic heterocycles. The third kappa shape index (κ3) is 4.42. The Hall–Kier alpha value is -2.19. The summed E-state index contributed by atoms with van der Waals surface area (Å²) in [6.45, 7) is 1.85. The fourth-order valence-electron chi connectivity index (χ4n) is 1.80. The van der Waals surface area contributed by atoms with Crippen LogP contribution in [0.2, 0.25) is 15.1 Å². The van der Waals surface area contributed by atoms with Crippen LogP contribution in [0, 0.1) is 18.3 Å². The molecule has 0 atom stereocenters. The van der Waals surface area contributed by atoms with Crippen LogP contribution < -0.4 is 10.6 Å². The lowest BCUT2D eigenvalue weighted by Crippen LogP contribution is -2.14. The number of nitriles is 1. The zero-order valence-corrected chi connectivity index (χ0v) is 14.8. The number of nitrogens with zero attached hydrogens (tertiary/aromatic N) is 1. The Morgan fingerprint density at radius 3 is 2.38 bits per heavy atom. The smallest absolute Gasteiger partial charge is 0.267 e. The number of hydrogen-bond acceptors (Lipinski definition) is 3. The van der Waals surface area contributed by atoms with E-state index in [1.54, 1.807) is 36.4 Å². The average Bonchev–Trinajstić information content (AvgIpc) is 2.54. The molecule has 0 spiro atoms. The van der Waals surface area contributed by atoms with Gasteiger partial charge in [-0.1, -0.05) is 46.9 Å². The van der Waals surface area contributed by atoms with E-state index < -0.39 is 5.91 Å². The van der Waals surface area contributed by atoms with Crippen LogP contribution >= 0.6 is 34.8 Å². The molecule has 7 heteroatoms. The third-order valence-corrected chi connectivity index (χ3v) is 4.16. The van der Waals surface area contributed by atoms with Crippen molar-refractivity contribution in [3.05, 3.63) is 68.8 Å². The van der Waals surface area contributed by atoms with Gasteiger partial charge in [0.15, 0.2) is 0 Å². The van der Waals surface area contributed by atoms with Gasteiger partial charge in [0.05, 0.1) is 15.7 Å². The second-order valence-corrected chi connectivity index (χ2v) is 6.05. The van der Waals surface area contributed by atoms with Crippen LogP contribution in [0.15, 0.2) is 48.2 Å². The van der Waals surface area contributed by atoms with Gasteiger partial charge < -0.3 is 10.6 Å². The molecule has 2 aromatic rings. The third-order valence-electron chi connectivity index (χ3n) is 3.12. The first-order valence-corrected chi connectivity index (χ1v) is 7.94. The maximum absolute atomic E-state index is 12.2. The fourth-order valence-corrected chi connectivity index (χ4v) is 2.48. The number of hydrogen-bond donors (Lipinski definition) is 2. The molecular weight excluding hydrogens is 369 g/mol. The predicted octanol–water partition coefficient (Wildman–Crippen LogP) is 5.41. The number of nitrogens with one attached hydrogen (secondary N) is 2. The minimum Gasteiger partial charge on any atom is -0.358 e. The molecule has 0 radical (unpaired) electrons. The maximum Gasteiger partial charge on any atom is 0.267 e. The van der Waals surface area contributed by atoms with Crippen molar-refractivity contribution in [1.82, 2.24) is 0 Å². The topological polar surface area (TPSA) is 64.9 Å². The van der Waals surface area contributed by atoms with Crippen LogP contribution in [0.4, 0.5) is 11.4 Å². The van der Waals surface area contributed by atoms with Crippen LogP contribution in [0.25, 0.3) is 0 Å². The van der Waals surface area contributed by atoms with Crippen molar-refractivity contribution < 1.29 is 4.79 Å². The second kappa shape index (κ2) is 8.07. The monoisotopic (exact) mass is 379 g/mol. The lowest BCUT2D eigenvalue weighted by Gasteiger charge is -2.08. The van der Waals surface area contributed by atoms with Gasteiger partial charge in [0, 0.05) is 16.9 Å². The Labute approximate surface area is 154 Å². The normalized spacial score (nSPS) is 10.9. The number of aryl methyl sites for hydroxylation is 1. The van der Waals surface area contributed by atoms with E-state index in [4.69, 9.17) is 34.8 Å². The van der Waals surface area contributed by atoms with E-state index in [1.807, 2.05) is 13.0 Å². The molecule has 24 heavy (non-hydrogen) atoms. The van der Waals surface area contributed by atoms with Gasteiger partial charge in [-0.25, -0.2) is 0 Å². The predicted molar refractivity (Wildman–Crippen MR) is 98.6 cm³/mol. The molecule has 0 bridgehead atoms. The SMILES string of the molecule is Cc1ccc(NC(=O)/C(C#N)=C\Nc2c(Cl)cccc2Cl)cc1Cl. The fraction of sp³-hybridized carbons (Fsp3) is 0.0588. The summed E-state index contributed by atoms with van der Waals surface area (Å²) in [7, 11) is 0. The van der Waals surface area contributed by atoms with Gasteiger partial charge in [-0.15, -0.1) is 0 Å². The van der Waals surface area contributed by atoms with Gasteiger partial charge >= 0.3 is 0 Å². The number of amides is 1. The van der Waals surface area contributed by atoms with Crippen molar-refractivity contribution >= 4 is 52.1 Å². The highest BCUT2D eigenvalue weighted by molar-refractivity contribution is 6.39. The molecule has 2 rings (SSSR count). The lowest BCUT2D eigenvalue weighted by atomic mass is 10.2. The molecule has 0 unspecified atom stereocenters. The van der Waals surface area contributed by atoms with Crippen molar-refractivity contribution in [2.24, 2.45) is 0 Å². The highest BCUT2D eigenvalue weighted by Crippen LogP contribution is 2.30. The van der Waals surface area contributed by atoms with Crippen molar-refractivity contribution in [2.45, 2.75) is 6.92 Å². The average molecular weight is 381 g/mol. The maximum atomic E-state index is 12.2. The first-order valence-electron chi connectivity index (χ1n) is 6.80. The van der Waals surface area contributed by atoms with Gasteiger partial charge in [-0.2, -0.15) is 5.26 Å². The number of carbonyl (C=O) groups is 1. The summed E-state index contributed by atoms with van der Waals surface area (Å²) in [5.74, 6) is -0.576. The quantitative estimate of drug-likeness (QED) is 0.550. The van der Waals surface area contributed by atoms with Gasteiger partial charge in [0.25, 0.3) is 5.91 Å². The standard InChI is InChI=1S/C17H12Cl3N3O/c1-10-5-6-12(7-15(10)20)23-17(24)11(8-21)9-22-16-13(18)3-2-4-14(16)19/h2-7,9,22H,1H3,(H,23,24)/b11-9-. The van der Waals surface area contributed by atoms with E-state index in [0.29, 0.717) is 26.4 Å². The molecule has 0 heterocycles. The molecule has 0 aromatic heterocycles. The van der Waals surface area contributed by atoms with E-state index in [2.05, 4.69) is 10.6 Å². The largest absolute Gasteiger partial charge is 0.358 e. The van der Waals surface area contributed by atoms with Crippen molar-refractivity contribution in [3.8, 4) is 6.07 Å². The van der Waals surface area contributed by atoms with Crippen molar-refractivity contribution in [3.63, 3.8) is 0 Å². The van der Waals surface area contributed by atoms with Crippen LogP contribution in [-0.4, -0.2) is 5.91 Å². The molecule has 0 fully saturated rings. The van der Waals surface area contributed by atoms with E-state index in [0.717, 1.165) is 5.56 Å². The van der Waals surface area contributed by atoms with Gasteiger partial charge in [-0.05, 0) is 36.8 Å². The first-order chi connectivity index (χ1) is 11.4. The number of rotatable bonds is 4. The summed E-state index contributed by atoms with van der Waals surface area (Å²) < 4.78 is 0. The van der Waals surface area contributed by atoms with E-state index >= 15 is 0 Å². The minimum absolute atomic E-state index is 0.136. The Morgan fingerprint density at radius 1 is 1.12 bits per heavy atom. The molecule has 122 valence electrons. The number of anilines is 2. The summed E-state index contributed by atoms with van der Waals surface area (Å²) in [4.78, 5) is 12.2.